The Kier molecular flexibility index (Phi) is 4.25. The quantitative estimate of drug-likeness (QED) is 0.496. The van der Waals surface area contributed by atoms with Crippen LogP contribution in [0.25, 0.3) is 0 Å². The Bertz CT molecular complexity index is 612. The number of hydrogen-bond acceptors (Lipinski definition) is 2. The first kappa shape index (κ1) is 13.4. The average Bonchev–Trinajstić information content (AvgIpc) is 2.32. The summed E-state index contributed by atoms with van der Waals surface area (Å²) in [6.07, 6.45) is 1.72. The lowest BCUT2D eigenvalue weighted by atomic mass is 9.96. The van der Waals surface area contributed by atoms with Gasteiger partial charge in [0.15, 0.2) is 0 Å². The highest BCUT2D eigenvalue weighted by atomic mass is 79.9. The first-order valence-electron chi connectivity index (χ1n) is 5.20. The van der Waals surface area contributed by atoms with Crippen molar-refractivity contribution in [2.45, 2.75) is 0 Å². The highest BCUT2D eigenvalue weighted by Gasteiger charge is 2.03. The van der Waals surface area contributed by atoms with Crippen LogP contribution in [0.1, 0.15) is 5.56 Å². The van der Waals surface area contributed by atoms with Crippen LogP contribution in [0.3, 0.4) is 0 Å². The summed E-state index contributed by atoms with van der Waals surface area (Å²) in [6, 6.07) is 11.2. The highest BCUT2D eigenvalue weighted by Crippen LogP contribution is 2.27. The lowest BCUT2D eigenvalue weighted by Crippen LogP contribution is -1.99. The van der Waals surface area contributed by atoms with Crippen LogP contribution >= 0.6 is 31.9 Å². The molecule has 0 aliphatic heterocycles. The molecule has 2 radical (unpaired) electrons. The molecule has 0 saturated carbocycles. The highest BCUT2D eigenvalue weighted by molar-refractivity contribution is 9.11. The van der Waals surface area contributed by atoms with Gasteiger partial charge in [-0.1, -0.05) is 33.5 Å². The van der Waals surface area contributed by atoms with Crippen molar-refractivity contribution >= 4 is 62.8 Å². The molecule has 0 saturated heterocycles. The second-order valence-corrected chi connectivity index (χ2v) is 5.51. The van der Waals surface area contributed by atoms with Crippen LogP contribution < -0.4 is 11.2 Å². The lowest BCUT2D eigenvalue weighted by Gasteiger charge is -2.04. The summed E-state index contributed by atoms with van der Waals surface area (Å²) in [4.78, 5) is 4.35. The molecule has 2 aromatic carbocycles. The Labute approximate surface area is 124 Å². The van der Waals surface area contributed by atoms with E-state index in [2.05, 4.69) is 36.9 Å². The fraction of sp³-hybridized carbons (Fsp3) is 0. The normalized spacial score (nSPS) is 11.0. The predicted octanol–water partition coefficient (Wildman–Crippen LogP) is 3.34. The monoisotopic (exact) mass is 362 g/mol. The summed E-state index contributed by atoms with van der Waals surface area (Å²) >= 11 is 6.82. The SMILES string of the molecule is [B]c1cccc(N=Cc2cc(Br)cc(Br)c2N)c1. The number of nitrogen functional groups attached to an aromatic ring is 1. The van der Waals surface area contributed by atoms with E-state index in [1.165, 1.54) is 0 Å². The minimum Gasteiger partial charge on any atom is -0.397 e. The van der Waals surface area contributed by atoms with Gasteiger partial charge in [-0.05, 0) is 40.2 Å². The van der Waals surface area contributed by atoms with Gasteiger partial charge in [0.2, 0.25) is 0 Å². The largest absolute Gasteiger partial charge is 0.397 e. The zero-order valence-electron chi connectivity index (χ0n) is 9.40. The van der Waals surface area contributed by atoms with Crippen molar-refractivity contribution in [2.24, 2.45) is 4.99 Å². The molecule has 0 aliphatic rings. The summed E-state index contributed by atoms with van der Waals surface area (Å²) in [5.41, 5.74) is 8.95. The van der Waals surface area contributed by atoms with Crippen LogP contribution in [0.4, 0.5) is 11.4 Å². The van der Waals surface area contributed by atoms with Crippen molar-refractivity contribution in [1.29, 1.82) is 0 Å². The van der Waals surface area contributed by atoms with Crippen molar-refractivity contribution < 1.29 is 0 Å². The predicted molar refractivity (Wildman–Crippen MR) is 85.3 cm³/mol. The van der Waals surface area contributed by atoms with Crippen LogP contribution in [0.15, 0.2) is 50.3 Å². The van der Waals surface area contributed by atoms with Crippen molar-refractivity contribution in [3.05, 3.63) is 50.9 Å². The van der Waals surface area contributed by atoms with E-state index < -0.39 is 0 Å². The van der Waals surface area contributed by atoms with Gasteiger partial charge < -0.3 is 5.73 Å². The van der Waals surface area contributed by atoms with Gasteiger partial charge in [0.25, 0.3) is 0 Å². The molecular weight excluding hydrogens is 355 g/mol. The van der Waals surface area contributed by atoms with Crippen LogP contribution in [-0.2, 0) is 0 Å². The molecule has 0 unspecified atom stereocenters. The lowest BCUT2D eigenvalue weighted by molar-refractivity contribution is 1.52. The van der Waals surface area contributed by atoms with Gasteiger partial charge in [0.1, 0.15) is 7.85 Å². The minimum atomic E-state index is 0.658. The van der Waals surface area contributed by atoms with Gasteiger partial charge in [0, 0.05) is 20.7 Å². The summed E-state index contributed by atoms with van der Waals surface area (Å²) in [6.45, 7) is 0. The molecule has 0 spiro atoms. The first-order chi connectivity index (χ1) is 8.56. The molecule has 2 nitrogen and oxygen atoms in total. The molecule has 0 heterocycles. The molecule has 2 N–H and O–H groups in total. The van der Waals surface area contributed by atoms with E-state index in [4.69, 9.17) is 13.6 Å². The standard InChI is InChI=1S/C13H9BBr2N2/c14-9-2-1-3-11(5-9)18-7-8-4-10(15)6-12(16)13(8)17/h1-7H,17H2. The zero-order valence-corrected chi connectivity index (χ0v) is 12.6. The number of hydrogen-bond donors (Lipinski definition) is 1. The van der Waals surface area contributed by atoms with Crippen LogP contribution in [0.5, 0.6) is 0 Å². The van der Waals surface area contributed by atoms with Crippen LogP contribution in [0, 0.1) is 0 Å². The third-order valence-corrected chi connectivity index (χ3v) is 3.46. The number of anilines is 1. The third kappa shape index (κ3) is 3.24. The van der Waals surface area contributed by atoms with Gasteiger partial charge in [-0.15, -0.1) is 0 Å². The molecule has 0 aromatic heterocycles. The smallest absolute Gasteiger partial charge is 0.113 e. The second-order valence-electron chi connectivity index (χ2n) is 3.74. The number of halogens is 2. The Balaban J connectivity index is 2.34. The summed E-state index contributed by atoms with van der Waals surface area (Å²) in [5, 5.41) is 0. The van der Waals surface area contributed by atoms with Gasteiger partial charge in [-0.25, -0.2) is 0 Å². The number of nitrogens with zero attached hydrogens (tertiary/aromatic N) is 1. The van der Waals surface area contributed by atoms with Gasteiger partial charge in [-0.3, -0.25) is 4.99 Å². The maximum atomic E-state index is 5.96. The molecule has 88 valence electrons. The molecule has 0 atom stereocenters. The fourth-order valence-electron chi connectivity index (χ4n) is 1.46. The minimum absolute atomic E-state index is 0.658. The van der Waals surface area contributed by atoms with E-state index >= 15 is 0 Å². The number of aliphatic imine (C=N–C) groups is 1. The van der Waals surface area contributed by atoms with E-state index in [1.807, 2.05) is 30.3 Å². The summed E-state index contributed by atoms with van der Waals surface area (Å²) < 4.78 is 1.78. The molecule has 0 amide bonds. The second kappa shape index (κ2) is 5.72. The first-order valence-corrected chi connectivity index (χ1v) is 6.79. The van der Waals surface area contributed by atoms with Crippen LogP contribution in [-0.4, -0.2) is 14.1 Å². The number of nitrogens with two attached hydrogens (primary N) is 1. The van der Waals surface area contributed by atoms with E-state index in [-0.39, 0.29) is 0 Å². The molecule has 2 aromatic rings. The third-order valence-electron chi connectivity index (χ3n) is 2.35. The molecule has 0 aliphatic carbocycles. The molecular formula is C13H9BBr2N2. The number of rotatable bonds is 2. The van der Waals surface area contributed by atoms with Crippen molar-refractivity contribution in [1.82, 2.24) is 0 Å². The van der Waals surface area contributed by atoms with Crippen molar-refractivity contribution in [2.75, 3.05) is 5.73 Å². The summed E-state index contributed by atoms with van der Waals surface area (Å²) in [7, 11) is 5.69. The average molecular weight is 364 g/mol. The molecule has 18 heavy (non-hydrogen) atoms. The Morgan fingerprint density at radius 2 is 1.94 bits per heavy atom. The van der Waals surface area contributed by atoms with E-state index in [1.54, 1.807) is 12.3 Å². The zero-order chi connectivity index (χ0) is 13.1. The summed E-state index contributed by atoms with van der Waals surface area (Å²) in [5.74, 6) is 0. The van der Waals surface area contributed by atoms with Crippen LogP contribution in [0.2, 0.25) is 0 Å². The van der Waals surface area contributed by atoms with Crippen molar-refractivity contribution in [3.8, 4) is 0 Å². The molecule has 2 rings (SSSR count). The van der Waals surface area contributed by atoms with Gasteiger partial charge in [-0.2, -0.15) is 0 Å². The topological polar surface area (TPSA) is 38.4 Å². The molecule has 5 heteroatoms. The van der Waals surface area contributed by atoms with E-state index in [9.17, 15) is 0 Å². The molecule has 0 fully saturated rings. The Hall–Kier alpha value is -1.07. The van der Waals surface area contributed by atoms with Gasteiger partial charge >= 0.3 is 0 Å². The number of benzene rings is 2. The maximum absolute atomic E-state index is 5.96. The maximum Gasteiger partial charge on any atom is 0.113 e. The fourth-order valence-corrected chi connectivity index (χ4v) is 2.72. The van der Waals surface area contributed by atoms with E-state index in [0.717, 1.165) is 20.2 Å². The Morgan fingerprint density at radius 3 is 2.67 bits per heavy atom. The van der Waals surface area contributed by atoms with Gasteiger partial charge in [0.05, 0.1) is 11.4 Å². The van der Waals surface area contributed by atoms with E-state index in [0.29, 0.717) is 11.2 Å². The Morgan fingerprint density at radius 1 is 1.17 bits per heavy atom. The van der Waals surface area contributed by atoms with Crippen molar-refractivity contribution in [3.63, 3.8) is 0 Å². The molecule has 0 bridgehead atoms.